The molecule has 3 aliphatic carbocycles. The van der Waals surface area contributed by atoms with Gasteiger partial charge in [0, 0.05) is 5.92 Å². The Bertz CT molecular complexity index is 224. The second kappa shape index (κ2) is 2.33. The van der Waals surface area contributed by atoms with Crippen molar-refractivity contribution in [3.63, 3.8) is 0 Å². The minimum absolute atomic E-state index is 0.411. The Labute approximate surface area is 72.2 Å². The Morgan fingerprint density at radius 2 is 1.92 bits per heavy atom. The van der Waals surface area contributed by atoms with E-state index in [2.05, 4.69) is 12.2 Å². The SMILES string of the molecule is OC1OC[C@@H]2[C@H]1[C@@H]1C=C[C@H]2CC1. The first-order valence-corrected chi connectivity index (χ1v) is 4.84. The van der Waals surface area contributed by atoms with E-state index >= 15 is 0 Å². The molecule has 2 bridgehead atoms. The van der Waals surface area contributed by atoms with Gasteiger partial charge < -0.3 is 9.84 Å². The molecular formula is C10H14O2. The average molecular weight is 166 g/mol. The van der Waals surface area contributed by atoms with Crippen LogP contribution in [0.2, 0.25) is 0 Å². The Morgan fingerprint density at radius 1 is 1.17 bits per heavy atom. The Hall–Kier alpha value is -0.340. The molecule has 4 aliphatic rings. The van der Waals surface area contributed by atoms with Crippen LogP contribution in [0.4, 0.5) is 0 Å². The van der Waals surface area contributed by atoms with E-state index in [1.54, 1.807) is 0 Å². The normalized spacial score (nSPS) is 55.9. The van der Waals surface area contributed by atoms with E-state index in [4.69, 9.17) is 4.74 Å². The summed E-state index contributed by atoms with van der Waals surface area (Å²) < 4.78 is 5.30. The summed E-state index contributed by atoms with van der Waals surface area (Å²) in [5.41, 5.74) is 0. The molecule has 0 aromatic carbocycles. The molecule has 0 amide bonds. The topological polar surface area (TPSA) is 29.5 Å². The Balaban J connectivity index is 1.96. The van der Waals surface area contributed by atoms with Crippen molar-refractivity contribution in [2.24, 2.45) is 23.7 Å². The van der Waals surface area contributed by atoms with E-state index in [0.29, 0.717) is 23.7 Å². The molecule has 1 N–H and O–H groups in total. The molecule has 1 saturated carbocycles. The third kappa shape index (κ3) is 0.771. The first-order valence-electron chi connectivity index (χ1n) is 4.84. The summed E-state index contributed by atoms with van der Waals surface area (Å²) in [5, 5.41) is 9.59. The lowest BCUT2D eigenvalue weighted by molar-refractivity contribution is -0.0932. The van der Waals surface area contributed by atoms with Gasteiger partial charge in [-0.05, 0) is 30.6 Å². The molecule has 2 nitrogen and oxygen atoms in total. The number of ether oxygens (including phenoxy) is 1. The molecule has 2 heteroatoms. The van der Waals surface area contributed by atoms with E-state index in [-0.39, 0.29) is 0 Å². The van der Waals surface area contributed by atoms with Crippen molar-refractivity contribution in [2.45, 2.75) is 19.1 Å². The van der Waals surface area contributed by atoms with Gasteiger partial charge in [-0.1, -0.05) is 12.2 Å². The van der Waals surface area contributed by atoms with Gasteiger partial charge in [-0.25, -0.2) is 0 Å². The fourth-order valence-electron chi connectivity index (χ4n) is 3.12. The maximum atomic E-state index is 9.59. The lowest BCUT2D eigenvalue weighted by atomic mass is 9.63. The predicted molar refractivity (Wildman–Crippen MR) is 44.3 cm³/mol. The van der Waals surface area contributed by atoms with Crippen LogP contribution in [0.3, 0.4) is 0 Å². The first-order chi connectivity index (χ1) is 5.86. The van der Waals surface area contributed by atoms with Crippen molar-refractivity contribution in [2.75, 3.05) is 6.61 Å². The van der Waals surface area contributed by atoms with Crippen molar-refractivity contribution in [1.82, 2.24) is 0 Å². The minimum atomic E-state index is -0.479. The quantitative estimate of drug-likeness (QED) is 0.547. The zero-order chi connectivity index (χ0) is 8.13. The van der Waals surface area contributed by atoms with Crippen LogP contribution in [-0.2, 0) is 4.74 Å². The van der Waals surface area contributed by atoms with Gasteiger partial charge in [-0.2, -0.15) is 0 Å². The molecule has 0 spiro atoms. The van der Waals surface area contributed by atoms with Gasteiger partial charge >= 0.3 is 0 Å². The van der Waals surface area contributed by atoms with Crippen LogP contribution in [0.25, 0.3) is 0 Å². The van der Waals surface area contributed by atoms with Gasteiger partial charge in [0.2, 0.25) is 0 Å². The fraction of sp³-hybridized carbons (Fsp3) is 0.800. The number of aliphatic hydroxyl groups is 1. The molecule has 66 valence electrons. The number of rotatable bonds is 0. The lowest BCUT2D eigenvalue weighted by Gasteiger charge is -2.40. The van der Waals surface area contributed by atoms with E-state index in [0.717, 1.165) is 6.61 Å². The predicted octanol–water partition coefficient (Wildman–Crippen LogP) is 1.16. The molecule has 1 heterocycles. The van der Waals surface area contributed by atoms with Crippen molar-refractivity contribution < 1.29 is 9.84 Å². The smallest absolute Gasteiger partial charge is 0.158 e. The third-order valence-electron chi connectivity index (χ3n) is 3.77. The highest BCUT2D eigenvalue weighted by Gasteiger charge is 2.48. The number of allylic oxidation sites excluding steroid dienone is 2. The van der Waals surface area contributed by atoms with Crippen molar-refractivity contribution in [3.8, 4) is 0 Å². The summed E-state index contributed by atoms with van der Waals surface area (Å²) in [7, 11) is 0. The van der Waals surface area contributed by atoms with E-state index < -0.39 is 6.29 Å². The maximum absolute atomic E-state index is 9.59. The second-order valence-electron chi connectivity index (χ2n) is 4.26. The summed E-state index contributed by atoms with van der Waals surface area (Å²) in [6.07, 6.45) is 6.69. The van der Waals surface area contributed by atoms with E-state index in [1.807, 2.05) is 0 Å². The van der Waals surface area contributed by atoms with E-state index in [9.17, 15) is 5.11 Å². The highest BCUT2D eigenvalue weighted by molar-refractivity contribution is 5.11. The highest BCUT2D eigenvalue weighted by Crippen LogP contribution is 2.49. The molecule has 4 rings (SSSR count). The largest absolute Gasteiger partial charge is 0.368 e. The summed E-state index contributed by atoms with van der Waals surface area (Å²) in [6, 6.07) is 0. The zero-order valence-electron chi connectivity index (χ0n) is 7.02. The Morgan fingerprint density at radius 3 is 2.58 bits per heavy atom. The summed E-state index contributed by atoms with van der Waals surface area (Å²) in [4.78, 5) is 0. The average Bonchev–Trinajstić information content (AvgIpc) is 2.53. The summed E-state index contributed by atoms with van der Waals surface area (Å²) in [5.74, 6) is 2.31. The van der Waals surface area contributed by atoms with Crippen molar-refractivity contribution >= 4 is 0 Å². The molecule has 12 heavy (non-hydrogen) atoms. The maximum Gasteiger partial charge on any atom is 0.158 e. The summed E-state index contributed by atoms with van der Waals surface area (Å²) >= 11 is 0. The van der Waals surface area contributed by atoms with E-state index in [1.165, 1.54) is 12.8 Å². The monoisotopic (exact) mass is 166 g/mol. The van der Waals surface area contributed by atoms with Crippen LogP contribution < -0.4 is 0 Å². The lowest BCUT2D eigenvalue weighted by Crippen LogP contribution is -2.38. The fourth-order valence-corrected chi connectivity index (χ4v) is 3.12. The van der Waals surface area contributed by atoms with Crippen LogP contribution in [0.1, 0.15) is 12.8 Å². The number of aliphatic hydroxyl groups excluding tert-OH is 1. The molecule has 1 aliphatic heterocycles. The molecule has 2 fully saturated rings. The van der Waals surface area contributed by atoms with Gasteiger partial charge in [0.25, 0.3) is 0 Å². The highest BCUT2D eigenvalue weighted by atomic mass is 16.6. The molecule has 0 radical (unpaired) electrons. The molecule has 1 unspecified atom stereocenters. The van der Waals surface area contributed by atoms with Crippen LogP contribution in [0, 0.1) is 23.7 Å². The summed E-state index contributed by atoms with van der Waals surface area (Å²) in [6.45, 7) is 0.775. The number of fused-ring (bicyclic) bond motifs is 1. The van der Waals surface area contributed by atoms with Crippen LogP contribution in [-0.4, -0.2) is 18.0 Å². The van der Waals surface area contributed by atoms with Gasteiger partial charge in [-0.3, -0.25) is 0 Å². The minimum Gasteiger partial charge on any atom is -0.368 e. The van der Waals surface area contributed by atoms with Gasteiger partial charge in [-0.15, -0.1) is 0 Å². The van der Waals surface area contributed by atoms with Gasteiger partial charge in [0.1, 0.15) is 0 Å². The van der Waals surface area contributed by atoms with Crippen LogP contribution in [0.5, 0.6) is 0 Å². The standard InChI is InChI=1S/C10H14O2/c11-10-9-7-3-1-6(2-4-7)8(9)5-12-10/h1,3,6-11H,2,4-5H2/t6-,7+,8-,9+,10?/m0/s1. The first kappa shape index (κ1) is 7.10. The molecule has 0 aromatic rings. The Kier molecular flexibility index (Phi) is 1.38. The van der Waals surface area contributed by atoms with Gasteiger partial charge in [0.15, 0.2) is 6.29 Å². The van der Waals surface area contributed by atoms with Crippen molar-refractivity contribution in [1.29, 1.82) is 0 Å². The van der Waals surface area contributed by atoms with Crippen LogP contribution in [0.15, 0.2) is 12.2 Å². The molecule has 0 aromatic heterocycles. The number of hydrogen-bond acceptors (Lipinski definition) is 2. The van der Waals surface area contributed by atoms with Gasteiger partial charge in [0.05, 0.1) is 6.61 Å². The third-order valence-corrected chi connectivity index (χ3v) is 3.77. The molecular weight excluding hydrogens is 152 g/mol. The molecule has 1 saturated heterocycles. The zero-order valence-corrected chi connectivity index (χ0v) is 7.02. The van der Waals surface area contributed by atoms with Crippen molar-refractivity contribution in [3.05, 3.63) is 12.2 Å². The van der Waals surface area contributed by atoms with Crippen LogP contribution >= 0.6 is 0 Å². The number of hydrogen-bond donors (Lipinski definition) is 1. The second-order valence-corrected chi connectivity index (χ2v) is 4.26. The molecule has 5 atom stereocenters.